The summed E-state index contributed by atoms with van der Waals surface area (Å²) in [5.41, 5.74) is 4.81. The van der Waals surface area contributed by atoms with Gasteiger partial charge in [0.1, 0.15) is 0 Å². The molecule has 0 aliphatic heterocycles. The number of rotatable bonds is 1. The summed E-state index contributed by atoms with van der Waals surface area (Å²) in [6, 6.07) is 0. The summed E-state index contributed by atoms with van der Waals surface area (Å²) in [5, 5.41) is 0. The molecule has 1 nitrogen and oxygen atoms in total. The van der Waals surface area contributed by atoms with Crippen LogP contribution >= 0.6 is 12.4 Å². The predicted octanol–water partition coefficient (Wildman–Crippen LogP) is 0.850. The Hall–Kier alpha value is -0.0800. The summed E-state index contributed by atoms with van der Waals surface area (Å²) >= 11 is 0. The molecule has 0 unspecified atom stereocenters. The molecular weight excluding hydrogens is 104 g/mol. The van der Waals surface area contributed by atoms with Crippen molar-refractivity contribution in [2.45, 2.75) is 0 Å². The summed E-state index contributed by atoms with van der Waals surface area (Å²) < 4.78 is 10.7. The Balaban J connectivity index is 0. The highest BCUT2D eigenvalue weighted by Crippen LogP contribution is 1.63. The van der Waals surface area contributed by atoms with Gasteiger partial charge in [0.25, 0.3) is 0 Å². The summed E-state index contributed by atoms with van der Waals surface area (Å²) in [7, 11) is 0. The second kappa shape index (κ2) is 8.87. The van der Waals surface area contributed by atoms with Crippen LogP contribution < -0.4 is 5.73 Å². The zero-order chi connectivity index (χ0) is 4.12. The second-order valence-corrected chi connectivity index (χ2v) is 0.597. The van der Waals surface area contributed by atoms with Crippen LogP contribution in [0, 0.1) is 0 Å². The summed E-state index contributed by atoms with van der Waals surface area (Å²) in [6.45, 7) is 0.288. The first-order chi connectivity index (χ1) is 2.41. The lowest BCUT2D eigenvalue weighted by molar-refractivity contribution is 0.717. The average molecular weight is 112 g/mol. The molecule has 0 amide bonds. The van der Waals surface area contributed by atoms with E-state index in [9.17, 15) is 4.39 Å². The van der Waals surface area contributed by atoms with Gasteiger partial charge < -0.3 is 5.73 Å². The van der Waals surface area contributed by atoms with E-state index in [2.05, 4.69) is 0 Å². The van der Waals surface area contributed by atoms with Gasteiger partial charge in [-0.15, -0.1) is 12.4 Å². The molecule has 0 aliphatic rings. The first-order valence-corrected chi connectivity index (χ1v) is 1.37. The van der Waals surface area contributed by atoms with Crippen molar-refractivity contribution in [2.75, 3.05) is 6.54 Å². The molecule has 0 aromatic heterocycles. The molecule has 0 aromatic carbocycles. The molecule has 2 N–H and O–H groups in total. The molecule has 0 spiro atoms. The minimum Gasteiger partial charge on any atom is -0.327 e. The molecule has 0 bridgehead atoms. The Morgan fingerprint density at radius 3 is 2.17 bits per heavy atom. The summed E-state index contributed by atoms with van der Waals surface area (Å²) in [6.07, 6.45) is 1.67. The Kier molecular flexibility index (Phi) is 13.8. The van der Waals surface area contributed by atoms with Gasteiger partial charge in [-0.1, -0.05) is 0 Å². The molecule has 6 heavy (non-hydrogen) atoms. The molecule has 0 rings (SSSR count). The van der Waals surface area contributed by atoms with Crippen molar-refractivity contribution in [3.63, 3.8) is 0 Å². The van der Waals surface area contributed by atoms with E-state index in [4.69, 9.17) is 5.73 Å². The quantitative estimate of drug-likeness (QED) is 0.534. The molecule has 38 valence electrons. The Morgan fingerprint density at radius 1 is 1.67 bits per heavy atom. The average Bonchev–Trinajstić information content (AvgIpc) is 1.41. The molecule has 0 fully saturated rings. The maximum absolute atomic E-state index is 10.7. The van der Waals surface area contributed by atoms with Crippen molar-refractivity contribution < 1.29 is 4.39 Å². The fourth-order valence-corrected chi connectivity index (χ4v) is 0.0514. The van der Waals surface area contributed by atoms with Crippen LogP contribution in [-0.4, -0.2) is 6.54 Å². The zero-order valence-electron chi connectivity index (χ0n) is 3.23. The van der Waals surface area contributed by atoms with Crippen molar-refractivity contribution in [3.8, 4) is 0 Å². The van der Waals surface area contributed by atoms with E-state index in [1.807, 2.05) is 0 Å². The molecule has 0 saturated carbocycles. The van der Waals surface area contributed by atoms with Crippen LogP contribution in [0.15, 0.2) is 12.4 Å². The standard InChI is InChI=1S/C3H6FN.ClH/c4-2-1-3-5;/h1-2H,3,5H2;1H. The van der Waals surface area contributed by atoms with Gasteiger partial charge in [-0.2, -0.15) is 0 Å². The topological polar surface area (TPSA) is 26.0 Å². The smallest absolute Gasteiger partial charge is 0.0839 e. The number of hydrogen-bond acceptors (Lipinski definition) is 1. The summed E-state index contributed by atoms with van der Waals surface area (Å²) in [4.78, 5) is 0. The fourth-order valence-electron chi connectivity index (χ4n) is 0.0514. The lowest BCUT2D eigenvalue weighted by Gasteiger charge is -1.64. The van der Waals surface area contributed by atoms with Gasteiger partial charge in [-0.05, 0) is 6.08 Å². The van der Waals surface area contributed by atoms with Crippen LogP contribution in [0.5, 0.6) is 0 Å². The van der Waals surface area contributed by atoms with Crippen molar-refractivity contribution in [2.24, 2.45) is 5.73 Å². The number of nitrogens with two attached hydrogens (primary N) is 1. The van der Waals surface area contributed by atoms with E-state index in [1.165, 1.54) is 6.08 Å². The van der Waals surface area contributed by atoms with Gasteiger partial charge in [0.15, 0.2) is 0 Å². The SMILES string of the molecule is Cl.NCC=CF. The van der Waals surface area contributed by atoms with Crippen LogP contribution in [0.4, 0.5) is 4.39 Å². The fraction of sp³-hybridized carbons (Fsp3) is 0.333. The van der Waals surface area contributed by atoms with Crippen molar-refractivity contribution in [1.82, 2.24) is 0 Å². The first kappa shape index (κ1) is 9.33. The monoisotopic (exact) mass is 111 g/mol. The second-order valence-electron chi connectivity index (χ2n) is 0.597. The van der Waals surface area contributed by atoms with Crippen LogP contribution in [0.2, 0.25) is 0 Å². The van der Waals surface area contributed by atoms with E-state index >= 15 is 0 Å². The van der Waals surface area contributed by atoms with Gasteiger partial charge in [-0.25, -0.2) is 4.39 Å². The van der Waals surface area contributed by atoms with Crippen molar-refractivity contribution >= 4 is 12.4 Å². The van der Waals surface area contributed by atoms with Crippen LogP contribution in [0.3, 0.4) is 0 Å². The minimum atomic E-state index is 0. The van der Waals surface area contributed by atoms with Gasteiger partial charge in [0.05, 0.1) is 6.33 Å². The first-order valence-electron chi connectivity index (χ1n) is 1.37. The van der Waals surface area contributed by atoms with Gasteiger partial charge in [0.2, 0.25) is 0 Å². The maximum Gasteiger partial charge on any atom is 0.0839 e. The minimum absolute atomic E-state index is 0. The van der Waals surface area contributed by atoms with Gasteiger partial charge in [-0.3, -0.25) is 0 Å². The van der Waals surface area contributed by atoms with Crippen LogP contribution in [0.25, 0.3) is 0 Å². The van der Waals surface area contributed by atoms with Crippen molar-refractivity contribution in [1.29, 1.82) is 0 Å². The highest BCUT2D eigenvalue weighted by Gasteiger charge is 1.54. The third-order valence-electron chi connectivity index (χ3n) is 0.225. The molecule has 3 heteroatoms. The van der Waals surface area contributed by atoms with Crippen LogP contribution in [0.1, 0.15) is 0 Å². The molecule has 0 atom stereocenters. The van der Waals surface area contributed by atoms with E-state index < -0.39 is 0 Å². The number of hydrogen-bond donors (Lipinski definition) is 1. The van der Waals surface area contributed by atoms with Gasteiger partial charge in [0, 0.05) is 6.54 Å². The maximum atomic E-state index is 10.7. The number of halogens is 2. The van der Waals surface area contributed by atoms with Crippen LogP contribution in [-0.2, 0) is 0 Å². The zero-order valence-corrected chi connectivity index (χ0v) is 4.04. The Labute approximate surface area is 42.4 Å². The van der Waals surface area contributed by atoms with E-state index in [1.54, 1.807) is 0 Å². The lowest BCUT2D eigenvalue weighted by atomic mass is 10.7. The molecule has 0 saturated heterocycles. The molecular formula is C3H7ClFN. The van der Waals surface area contributed by atoms with Gasteiger partial charge >= 0.3 is 0 Å². The Morgan fingerprint density at radius 2 is 2.17 bits per heavy atom. The third-order valence-corrected chi connectivity index (χ3v) is 0.225. The van der Waals surface area contributed by atoms with Crippen molar-refractivity contribution in [3.05, 3.63) is 12.4 Å². The predicted molar refractivity (Wildman–Crippen MR) is 26.6 cm³/mol. The van der Waals surface area contributed by atoms with E-state index in [0.29, 0.717) is 6.33 Å². The lowest BCUT2D eigenvalue weighted by Crippen LogP contribution is -1.90. The van der Waals surface area contributed by atoms with E-state index in [0.717, 1.165) is 0 Å². The molecule has 0 aliphatic carbocycles. The molecule has 0 heterocycles. The molecule has 0 radical (unpaired) electrons. The molecule has 0 aromatic rings. The third kappa shape index (κ3) is 9.07. The Bertz CT molecular complexity index is 37.8. The summed E-state index contributed by atoms with van der Waals surface area (Å²) in [5.74, 6) is 0. The largest absolute Gasteiger partial charge is 0.327 e. The van der Waals surface area contributed by atoms with E-state index in [-0.39, 0.29) is 19.0 Å². The highest BCUT2D eigenvalue weighted by molar-refractivity contribution is 5.85. The highest BCUT2D eigenvalue weighted by atomic mass is 35.5. The normalized spacial score (nSPS) is 8.33.